The number of hydrogen-bond acceptors (Lipinski definition) is 9. The van der Waals surface area contributed by atoms with E-state index < -0.39 is 0 Å². The molecule has 1 unspecified atom stereocenters. The maximum atomic E-state index is 12.4. The summed E-state index contributed by atoms with van der Waals surface area (Å²) in [6.07, 6.45) is 2.37. The Hall–Kier alpha value is -2.53. The first-order valence-corrected chi connectivity index (χ1v) is 8.84. The van der Waals surface area contributed by atoms with Crippen molar-refractivity contribution >= 4 is 6.03 Å². The number of nitrogens with zero attached hydrogens (tertiary/aromatic N) is 5. The van der Waals surface area contributed by atoms with Gasteiger partial charge in [-0.2, -0.15) is 9.97 Å². The molecule has 0 spiro atoms. The van der Waals surface area contributed by atoms with Crippen molar-refractivity contribution in [1.82, 2.24) is 30.5 Å². The second-order valence-corrected chi connectivity index (χ2v) is 6.27. The molecule has 11 nitrogen and oxygen atoms in total. The first-order valence-electron chi connectivity index (χ1n) is 8.84. The molecule has 148 valence electrons. The van der Waals surface area contributed by atoms with Gasteiger partial charge in [-0.05, 0) is 12.8 Å². The van der Waals surface area contributed by atoms with Crippen LogP contribution in [0.4, 0.5) is 4.79 Å². The van der Waals surface area contributed by atoms with Crippen molar-refractivity contribution in [3.8, 4) is 0 Å². The lowest BCUT2D eigenvalue weighted by Crippen LogP contribution is -2.44. The number of aromatic nitrogens is 4. The maximum absolute atomic E-state index is 12.4. The first-order chi connectivity index (χ1) is 13.2. The van der Waals surface area contributed by atoms with Crippen molar-refractivity contribution in [2.24, 2.45) is 0 Å². The number of carbonyl (C=O) groups is 1. The van der Waals surface area contributed by atoms with Crippen LogP contribution in [0, 0.1) is 0 Å². The smallest absolute Gasteiger partial charge is 0.317 e. The summed E-state index contributed by atoms with van der Waals surface area (Å²) >= 11 is 0. The highest BCUT2D eigenvalue weighted by Crippen LogP contribution is 2.25. The number of nitrogens with one attached hydrogen (secondary N) is 1. The molecule has 0 aliphatic carbocycles. The van der Waals surface area contributed by atoms with E-state index in [1.807, 2.05) is 0 Å². The van der Waals surface area contributed by atoms with E-state index in [0.29, 0.717) is 49.5 Å². The quantitative estimate of drug-likeness (QED) is 0.709. The molecule has 1 fully saturated rings. The van der Waals surface area contributed by atoms with Crippen LogP contribution in [0.3, 0.4) is 0 Å². The molecule has 11 heteroatoms. The fourth-order valence-corrected chi connectivity index (χ4v) is 2.90. The summed E-state index contributed by atoms with van der Waals surface area (Å²) in [5.41, 5.74) is 0. The number of ether oxygens (including phenoxy) is 2. The van der Waals surface area contributed by atoms with E-state index >= 15 is 0 Å². The van der Waals surface area contributed by atoms with Crippen molar-refractivity contribution in [1.29, 1.82) is 0 Å². The second-order valence-electron chi connectivity index (χ2n) is 6.27. The highest BCUT2D eigenvalue weighted by atomic mass is 16.5. The SMILES string of the molecule is COCCc1noc(C2CCCN(C(=O)NCc3nc(COC)no3)C2)n1. The first kappa shape index (κ1) is 19.2. The lowest BCUT2D eigenvalue weighted by molar-refractivity contribution is 0.170. The number of rotatable bonds is 8. The average molecular weight is 380 g/mol. The molecular weight excluding hydrogens is 356 g/mol. The number of amides is 2. The summed E-state index contributed by atoms with van der Waals surface area (Å²) < 4.78 is 20.4. The molecule has 3 rings (SSSR count). The van der Waals surface area contributed by atoms with Crippen LogP contribution in [0.25, 0.3) is 0 Å². The fraction of sp³-hybridized carbons (Fsp3) is 0.688. The van der Waals surface area contributed by atoms with Crippen molar-refractivity contribution in [2.75, 3.05) is 33.9 Å². The Kier molecular flexibility index (Phi) is 6.71. The van der Waals surface area contributed by atoms with Crippen molar-refractivity contribution in [3.63, 3.8) is 0 Å². The third-order valence-electron chi connectivity index (χ3n) is 4.25. The summed E-state index contributed by atoms with van der Waals surface area (Å²) in [5.74, 6) is 2.01. The summed E-state index contributed by atoms with van der Waals surface area (Å²) in [6.45, 7) is 2.17. The van der Waals surface area contributed by atoms with Gasteiger partial charge >= 0.3 is 6.03 Å². The molecule has 2 aromatic heterocycles. The Labute approximate surface area is 156 Å². The van der Waals surface area contributed by atoms with Gasteiger partial charge in [-0.15, -0.1) is 0 Å². The molecule has 1 aliphatic rings. The molecule has 1 N–H and O–H groups in total. The van der Waals surface area contributed by atoms with Crippen LogP contribution in [0.1, 0.15) is 42.2 Å². The van der Waals surface area contributed by atoms with Crippen LogP contribution in [0.2, 0.25) is 0 Å². The molecule has 0 saturated carbocycles. The van der Waals surface area contributed by atoms with E-state index in [9.17, 15) is 4.79 Å². The lowest BCUT2D eigenvalue weighted by Gasteiger charge is -2.30. The van der Waals surface area contributed by atoms with Gasteiger partial charge in [-0.25, -0.2) is 4.79 Å². The van der Waals surface area contributed by atoms with Crippen LogP contribution in [0.15, 0.2) is 9.05 Å². The minimum Gasteiger partial charge on any atom is -0.384 e. The summed E-state index contributed by atoms with van der Waals surface area (Å²) in [4.78, 5) is 22.7. The van der Waals surface area contributed by atoms with E-state index in [2.05, 4.69) is 25.6 Å². The molecule has 3 heterocycles. The van der Waals surface area contributed by atoms with Gasteiger partial charge in [0.25, 0.3) is 0 Å². The van der Waals surface area contributed by atoms with Gasteiger partial charge in [0.2, 0.25) is 11.8 Å². The Morgan fingerprint density at radius 2 is 2.07 bits per heavy atom. The minimum atomic E-state index is -0.190. The van der Waals surface area contributed by atoms with Gasteiger partial charge in [0, 0.05) is 33.7 Å². The number of piperidine rings is 1. The molecular formula is C16H24N6O5. The monoisotopic (exact) mass is 380 g/mol. The molecule has 2 aromatic rings. The van der Waals surface area contributed by atoms with Gasteiger partial charge in [-0.1, -0.05) is 10.3 Å². The summed E-state index contributed by atoms with van der Waals surface area (Å²) in [7, 11) is 3.18. The molecule has 0 aromatic carbocycles. The van der Waals surface area contributed by atoms with Crippen LogP contribution in [-0.4, -0.2) is 65.1 Å². The Bertz CT molecular complexity index is 732. The normalized spacial score (nSPS) is 17.3. The standard InChI is InChI=1S/C16H24N6O5/c1-24-7-5-12-19-15(27-20-12)11-4-3-6-22(9-11)16(23)17-8-14-18-13(10-25-2)21-26-14/h11H,3-10H2,1-2H3,(H,17,23). The van der Waals surface area contributed by atoms with Crippen LogP contribution in [-0.2, 0) is 29.0 Å². The van der Waals surface area contributed by atoms with Gasteiger partial charge in [0.05, 0.1) is 19.1 Å². The van der Waals surface area contributed by atoms with Gasteiger partial charge in [-0.3, -0.25) is 0 Å². The summed E-state index contributed by atoms with van der Waals surface area (Å²) in [6, 6.07) is -0.190. The Morgan fingerprint density at radius 3 is 2.89 bits per heavy atom. The number of likely N-dealkylation sites (tertiary alicyclic amines) is 1. The molecule has 0 bridgehead atoms. The predicted octanol–water partition coefficient (Wildman–Crippen LogP) is 0.877. The van der Waals surface area contributed by atoms with E-state index in [-0.39, 0.29) is 25.1 Å². The predicted molar refractivity (Wildman–Crippen MR) is 90.7 cm³/mol. The van der Waals surface area contributed by atoms with Crippen LogP contribution < -0.4 is 5.32 Å². The van der Waals surface area contributed by atoms with Gasteiger partial charge < -0.3 is 28.7 Å². The lowest BCUT2D eigenvalue weighted by atomic mass is 9.98. The van der Waals surface area contributed by atoms with Crippen molar-refractivity contribution < 1.29 is 23.3 Å². The van der Waals surface area contributed by atoms with E-state index in [1.165, 1.54) is 0 Å². The maximum Gasteiger partial charge on any atom is 0.317 e. The average Bonchev–Trinajstić information content (AvgIpc) is 3.34. The molecule has 1 atom stereocenters. The molecule has 27 heavy (non-hydrogen) atoms. The van der Waals surface area contributed by atoms with E-state index in [0.717, 1.165) is 12.8 Å². The zero-order valence-electron chi connectivity index (χ0n) is 15.5. The largest absolute Gasteiger partial charge is 0.384 e. The Morgan fingerprint density at radius 1 is 1.22 bits per heavy atom. The molecule has 0 radical (unpaired) electrons. The molecule has 1 saturated heterocycles. The van der Waals surface area contributed by atoms with Crippen LogP contribution in [0.5, 0.6) is 0 Å². The van der Waals surface area contributed by atoms with Gasteiger partial charge in [0.15, 0.2) is 11.6 Å². The highest BCUT2D eigenvalue weighted by molar-refractivity contribution is 5.74. The topological polar surface area (TPSA) is 129 Å². The summed E-state index contributed by atoms with van der Waals surface area (Å²) in [5, 5.41) is 10.5. The zero-order valence-corrected chi connectivity index (χ0v) is 15.5. The van der Waals surface area contributed by atoms with E-state index in [1.54, 1.807) is 19.1 Å². The van der Waals surface area contributed by atoms with Gasteiger partial charge in [0.1, 0.15) is 6.61 Å². The molecule has 2 amide bonds. The van der Waals surface area contributed by atoms with Crippen LogP contribution >= 0.6 is 0 Å². The third kappa shape index (κ3) is 5.23. The second kappa shape index (κ2) is 9.42. The van der Waals surface area contributed by atoms with Crippen molar-refractivity contribution in [3.05, 3.63) is 23.4 Å². The number of urea groups is 1. The fourth-order valence-electron chi connectivity index (χ4n) is 2.90. The zero-order chi connectivity index (χ0) is 19.1. The third-order valence-corrected chi connectivity index (χ3v) is 4.25. The number of methoxy groups -OCH3 is 2. The molecule has 1 aliphatic heterocycles. The van der Waals surface area contributed by atoms with E-state index in [4.69, 9.17) is 18.5 Å². The highest BCUT2D eigenvalue weighted by Gasteiger charge is 2.28. The number of hydrogen-bond donors (Lipinski definition) is 1. The minimum absolute atomic E-state index is 0.0324. The van der Waals surface area contributed by atoms with Crippen molar-refractivity contribution in [2.45, 2.75) is 38.3 Å². The number of carbonyl (C=O) groups excluding carboxylic acids is 1. The Balaban J connectivity index is 1.50.